The van der Waals surface area contributed by atoms with E-state index in [0.717, 1.165) is 32.4 Å². The molecule has 0 radical (unpaired) electrons. The Hall–Kier alpha value is -1.39. The van der Waals surface area contributed by atoms with Gasteiger partial charge in [-0.25, -0.2) is 0 Å². The van der Waals surface area contributed by atoms with Crippen LogP contribution in [0.1, 0.15) is 24.8 Å². The van der Waals surface area contributed by atoms with Crippen molar-refractivity contribution in [1.82, 2.24) is 9.80 Å². The van der Waals surface area contributed by atoms with Gasteiger partial charge >= 0.3 is 0 Å². The number of hydrogen-bond acceptors (Lipinski definition) is 3. The summed E-state index contributed by atoms with van der Waals surface area (Å²) in [4.78, 5) is 15.5. The maximum atomic E-state index is 11.5. The highest BCUT2D eigenvalue weighted by Crippen LogP contribution is 2.10. The van der Waals surface area contributed by atoms with Crippen molar-refractivity contribution in [1.29, 1.82) is 0 Å². The molecule has 1 aromatic rings. The van der Waals surface area contributed by atoms with E-state index in [4.69, 9.17) is 0 Å². The third-order valence-electron chi connectivity index (χ3n) is 3.97. The normalized spacial score (nSPS) is 16.7. The summed E-state index contributed by atoms with van der Waals surface area (Å²) < 4.78 is 0. The molecule has 2 rings (SSSR count). The van der Waals surface area contributed by atoms with Crippen LogP contribution < -0.4 is 0 Å². The van der Waals surface area contributed by atoms with Crippen LogP contribution in [0.4, 0.5) is 0 Å². The SMILES string of the molecule is CN(CCCc1ccccc1)CC(O)CN1CCCC1=O. The molecule has 116 valence electrons. The van der Waals surface area contributed by atoms with Crippen LogP contribution in [0.15, 0.2) is 30.3 Å². The minimum absolute atomic E-state index is 0.181. The molecule has 1 fully saturated rings. The number of amides is 1. The summed E-state index contributed by atoms with van der Waals surface area (Å²) in [6.45, 7) is 2.86. The molecule has 1 aliphatic heterocycles. The highest BCUT2D eigenvalue weighted by molar-refractivity contribution is 5.78. The molecule has 1 aromatic carbocycles. The van der Waals surface area contributed by atoms with Crippen molar-refractivity contribution in [2.75, 3.05) is 33.2 Å². The summed E-state index contributed by atoms with van der Waals surface area (Å²) >= 11 is 0. The van der Waals surface area contributed by atoms with E-state index in [1.54, 1.807) is 4.90 Å². The van der Waals surface area contributed by atoms with E-state index < -0.39 is 6.10 Å². The van der Waals surface area contributed by atoms with Crippen molar-refractivity contribution in [3.05, 3.63) is 35.9 Å². The Morgan fingerprint density at radius 1 is 1.33 bits per heavy atom. The molecule has 1 aliphatic rings. The molecule has 4 nitrogen and oxygen atoms in total. The summed E-state index contributed by atoms with van der Waals surface area (Å²) in [5.74, 6) is 0.181. The molecule has 0 spiro atoms. The summed E-state index contributed by atoms with van der Waals surface area (Å²) in [5, 5.41) is 10.1. The minimum Gasteiger partial charge on any atom is -0.390 e. The average Bonchev–Trinajstić information content (AvgIpc) is 2.85. The molecule has 1 unspecified atom stereocenters. The van der Waals surface area contributed by atoms with Crippen LogP contribution >= 0.6 is 0 Å². The van der Waals surface area contributed by atoms with Gasteiger partial charge in [0.2, 0.25) is 5.91 Å². The zero-order chi connectivity index (χ0) is 15.1. The average molecular weight is 290 g/mol. The lowest BCUT2D eigenvalue weighted by Crippen LogP contribution is -2.39. The number of aliphatic hydroxyl groups is 1. The number of carbonyl (C=O) groups is 1. The highest BCUT2D eigenvalue weighted by Gasteiger charge is 2.22. The summed E-state index contributed by atoms with van der Waals surface area (Å²) in [6, 6.07) is 10.5. The van der Waals surface area contributed by atoms with E-state index in [-0.39, 0.29) is 5.91 Å². The fraction of sp³-hybridized carbons (Fsp3) is 0.588. The highest BCUT2D eigenvalue weighted by atomic mass is 16.3. The topological polar surface area (TPSA) is 43.8 Å². The van der Waals surface area contributed by atoms with Crippen molar-refractivity contribution < 1.29 is 9.90 Å². The van der Waals surface area contributed by atoms with Gasteiger partial charge in [-0.15, -0.1) is 0 Å². The molecule has 1 atom stereocenters. The maximum absolute atomic E-state index is 11.5. The summed E-state index contributed by atoms with van der Waals surface area (Å²) in [7, 11) is 2.03. The second kappa shape index (κ2) is 8.15. The number of benzene rings is 1. The smallest absolute Gasteiger partial charge is 0.222 e. The number of carbonyl (C=O) groups excluding carboxylic acids is 1. The first-order valence-corrected chi connectivity index (χ1v) is 7.83. The van der Waals surface area contributed by atoms with Gasteiger partial charge in [-0.3, -0.25) is 4.79 Å². The van der Waals surface area contributed by atoms with Crippen LogP contribution in [0.25, 0.3) is 0 Å². The van der Waals surface area contributed by atoms with E-state index in [2.05, 4.69) is 29.2 Å². The first kappa shape index (κ1) is 16.0. The van der Waals surface area contributed by atoms with Crippen molar-refractivity contribution in [3.8, 4) is 0 Å². The van der Waals surface area contributed by atoms with Crippen LogP contribution in [0.5, 0.6) is 0 Å². The van der Waals surface area contributed by atoms with E-state index in [1.807, 2.05) is 13.1 Å². The lowest BCUT2D eigenvalue weighted by molar-refractivity contribution is -0.129. The van der Waals surface area contributed by atoms with Crippen molar-refractivity contribution in [3.63, 3.8) is 0 Å². The molecule has 1 saturated heterocycles. The molecular weight excluding hydrogens is 264 g/mol. The van der Waals surface area contributed by atoms with Crippen molar-refractivity contribution in [2.45, 2.75) is 31.8 Å². The number of β-amino-alcohol motifs (C(OH)–C–C–N with tert-alkyl or cyclic N) is 1. The summed E-state index contributed by atoms with van der Waals surface area (Å²) in [6.07, 6.45) is 3.26. The zero-order valence-electron chi connectivity index (χ0n) is 12.9. The zero-order valence-corrected chi connectivity index (χ0v) is 12.9. The lowest BCUT2D eigenvalue weighted by atomic mass is 10.1. The fourth-order valence-corrected chi connectivity index (χ4v) is 2.86. The number of likely N-dealkylation sites (tertiary alicyclic amines) is 1. The Labute approximate surface area is 127 Å². The first-order chi connectivity index (χ1) is 10.1. The van der Waals surface area contributed by atoms with Crippen LogP contribution in [0, 0.1) is 0 Å². The molecule has 0 saturated carbocycles. The van der Waals surface area contributed by atoms with Gasteiger partial charge in [0.05, 0.1) is 6.10 Å². The van der Waals surface area contributed by atoms with Gasteiger partial charge in [-0.1, -0.05) is 30.3 Å². The number of hydrogen-bond donors (Lipinski definition) is 1. The maximum Gasteiger partial charge on any atom is 0.222 e. The van der Waals surface area contributed by atoms with Gasteiger partial charge in [-0.05, 0) is 38.4 Å². The van der Waals surface area contributed by atoms with E-state index >= 15 is 0 Å². The first-order valence-electron chi connectivity index (χ1n) is 7.83. The Morgan fingerprint density at radius 2 is 2.10 bits per heavy atom. The standard InChI is InChI=1S/C17H26N2O2/c1-18(11-5-9-15-7-3-2-4-8-15)13-16(20)14-19-12-6-10-17(19)21/h2-4,7-8,16,20H,5-6,9-14H2,1H3. The third kappa shape index (κ3) is 5.48. The van der Waals surface area contributed by atoms with Gasteiger partial charge < -0.3 is 14.9 Å². The number of aryl methyl sites for hydroxylation is 1. The molecule has 4 heteroatoms. The Kier molecular flexibility index (Phi) is 6.21. The fourth-order valence-electron chi connectivity index (χ4n) is 2.86. The second-order valence-corrected chi connectivity index (χ2v) is 5.95. The predicted octanol–water partition coefficient (Wildman–Crippen LogP) is 1.53. The largest absolute Gasteiger partial charge is 0.390 e. The number of nitrogens with zero attached hydrogens (tertiary/aromatic N) is 2. The predicted molar refractivity (Wildman–Crippen MR) is 84.1 cm³/mol. The minimum atomic E-state index is -0.450. The molecular formula is C17H26N2O2. The third-order valence-corrected chi connectivity index (χ3v) is 3.97. The Morgan fingerprint density at radius 3 is 2.76 bits per heavy atom. The van der Waals surface area contributed by atoms with Gasteiger partial charge in [-0.2, -0.15) is 0 Å². The van der Waals surface area contributed by atoms with Gasteiger partial charge in [0.15, 0.2) is 0 Å². The molecule has 0 bridgehead atoms. The van der Waals surface area contributed by atoms with Crippen LogP contribution in [-0.4, -0.2) is 60.1 Å². The molecule has 1 heterocycles. The van der Waals surface area contributed by atoms with Crippen LogP contribution in [0.2, 0.25) is 0 Å². The summed E-state index contributed by atoms with van der Waals surface area (Å²) in [5.41, 5.74) is 1.36. The monoisotopic (exact) mass is 290 g/mol. The van der Waals surface area contributed by atoms with Gasteiger partial charge in [0.1, 0.15) is 0 Å². The molecule has 21 heavy (non-hydrogen) atoms. The Balaban J connectivity index is 1.62. The van der Waals surface area contributed by atoms with E-state index in [9.17, 15) is 9.90 Å². The second-order valence-electron chi connectivity index (χ2n) is 5.95. The lowest BCUT2D eigenvalue weighted by Gasteiger charge is -2.24. The van der Waals surface area contributed by atoms with Crippen molar-refractivity contribution in [2.24, 2.45) is 0 Å². The van der Waals surface area contributed by atoms with Gasteiger partial charge in [0, 0.05) is 26.1 Å². The molecule has 1 N–H and O–H groups in total. The number of rotatable bonds is 8. The number of likely N-dealkylation sites (N-methyl/N-ethyl adjacent to an activating group) is 1. The van der Waals surface area contributed by atoms with E-state index in [0.29, 0.717) is 19.5 Å². The molecule has 1 amide bonds. The number of aliphatic hydroxyl groups excluding tert-OH is 1. The molecule has 0 aromatic heterocycles. The van der Waals surface area contributed by atoms with Crippen LogP contribution in [-0.2, 0) is 11.2 Å². The quantitative estimate of drug-likeness (QED) is 0.790. The van der Waals surface area contributed by atoms with Crippen molar-refractivity contribution >= 4 is 5.91 Å². The van der Waals surface area contributed by atoms with Gasteiger partial charge in [0.25, 0.3) is 0 Å². The van der Waals surface area contributed by atoms with Crippen LogP contribution in [0.3, 0.4) is 0 Å². The molecule has 0 aliphatic carbocycles. The van der Waals surface area contributed by atoms with E-state index in [1.165, 1.54) is 5.56 Å². The Bertz CT molecular complexity index is 436.